The van der Waals surface area contributed by atoms with Gasteiger partial charge in [-0.2, -0.15) is 5.10 Å². The van der Waals surface area contributed by atoms with Gasteiger partial charge in [0.05, 0.1) is 18.7 Å². The lowest BCUT2D eigenvalue weighted by atomic mass is 9.83. The first-order valence-corrected chi connectivity index (χ1v) is 14.1. The molecule has 0 bridgehead atoms. The molecule has 5 rings (SSSR count). The summed E-state index contributed by atoms with van der Waals surface area (Å²) in [5.74, 6) is 0.873. The van der Waals surface area contributed by atoms with Crippen LogP contribution in [0.25, 0.3) is 11.3 Å². The predicted octanol–water partition coefficient (Wildman–Crippen LogP) is 5.40. The number of thiazole rings is 1. The highest BCUT2D eigenvalue weighted by Gasteiger charge is 2.30. The van der Waals surface area contributed by atoms with Gasteiger partial charge in [0.25, 0.3) is 5.91 Å². The van der Waals surface area contributed by atoms with Crippen molar-refractivity contribution in [2.75, 3.05) is 25.5 Å². The monoisotopic (exact) mass is 521 g/mol. The Kier molecular flexibility index (Phi) is 7.60. The number of rotatable bonds is 6. The van der Waals surface area contributed by atoms with Gasteiger partial charge in [0, 0.05) is 36.8 Å². The second-order valence-corrected chi connectivity index (χ2v) is 11.1. The van der Waals surface area contributed by atoms with Crippen LogP contribution < -0.4 is 10.1 Å². The van der Waals surface area contributed by atoms with Gasteiger partial charge in [-0.25, -0.2) is 4.98 Å². The number of ether oxygens (including phenoxy) is 1. The smallest absolute Gasteiger partial charge is 0.274 e. The fraction of sp³-hybridized carbons (Fsp3) is 0.500. The molecule has 0 spiro atoms. The highest BCUT2D eigenvalue weighted by molar-refractivity contribution is 7.14. The molecular weight excluding hydrogens is 486 g/mol. The summed E-state index contributed by atoms with van der Waals surface area (Å²) in [6.07, 6.45) is 7.87. The quantitative estimate of drug-likeness (QED) is 0.469. The Morgan fingerprint density at radius 3 is 2.65 bits per heavy atom. The Bertz CT molecular complexity index is 1260. The average Bonchev–Trinajstić information content (AvgIpc) is 3.54. The fourth-order valence-corrected chi connectivity index (χ4v) is 6.19. The molecule has 1 aliphatic carbocycles. The lowest BCUT2D eigenvalue weighted by Crippen LogP contribution is -2.44. The molecule has 9 heteroatoms. The van der Waals surface area contributed by atoms with Crippen LogP contribution in [0.4, 0.5) is 5.13 Å². The van der Waals surface area contributed by atoms with Crippen LogP contribution in [0.5, 0.6) is 5.75 Å². The number of hydrogen-bond donors (Lipinski definition) is 1. The Balaban J connectivity index is 1.26. The number of anilines is 1. The van der Waals surface area contributed by atoms with Gasteiger partial charge in [-0.05, 0) is 62.3 Å². The summed E-state index contributed by atoms with van der Waals surface area (Å²) in [5.41, 5.74) is 4.46. The molecule has 2 aliphatic rings. The van der Waals surface area contributed by atoms with E-state index in [0.29, 0.717) is 29.8 Å². The van der Waals surface area contributed by atoms with E-state index in [-0.39, 0.29) is 17.7 Å². The van der Waals surface area contributed by atoms with E-state index in [1.807, 2.05) is 25.4 Å². The Labute approximate surface area is 222 Å². The zero-order valence-electron chi connectivity index (χ0n) is 21.8. The summed E-state index contributed by atoms with van der Waals surface area (Å²) in [5, 5.41) is 9.84. The number of hydrogen-bond acceptors (Lipinski definition) is 6. The minimum absolute atomic E-state index is 0.0986. The van der Waals surface area contributed by atoms with Crippen molar-refractivity contribution < 1.29 is 14.3 Å². The molecule has 196 valence electrons. The number of nitrogens with one attached hydrogen (secondary N) is 1. The number of nitrogens with zero attached hydrogens (tertiary/aromatic N) is 4. The lowest BCUT2D eigenvalue weighted by molar-refractivity contribution is -0.121. The van der Waals surface area contributed by atoms with Crippen molar-refractivity contribution in [3.63, 3.8) is 0 Å². The molecule has 2 aromatic heterocycles. The normalized spacial score (nSPS) is 18.6. The zero-order chi connectivity index (χ0) is 25.9. The van der Waals surface area contributed by atoms with E-state index in [4.69, 9.17) is 9.72 Å². The highest BCUT2D eigenvalue weighted by atomic mass is 32.1. The van der Waals surface area contributed by atoms with E-state index in [0.717, 1.165) is 35.5 Å². The summed E-state index contributed by atoms with van der Waals surface area (Å²) in [6, 6.07) is 8.21. The van der Waals surface area contributed by atoms with Gasteiger partial charge in [0.1, 0.15) is 5.75 Å². The number of amides is 2. The third-order valence-electron chi connectivity index (χ3n) is 7.72. The van der Waals surface area contributed by atoms with Crippen molar-refractivity contribution in [1.82, 2.24) is 19.7 Å². The standard InChI is InChI=1S/C28H35N5O3S/c1-18-14-23(31-32(18)2)27(35)33-13-7-10-21(16-33)26(34)30-28-29-24(17-37-28)22-15-20(11-12-25(22)36-3)19-8-5-4-6-9-19/h11-12,14-15,17,19,21H,4-10,13,16H2,1-3H3,(H,29,30,34). The van der Waals surface area contributed by atoms with Gasteiger partial charge in [0.2, 0.25) is 5.91 Å². The minimum Gasteiger partial charge on any atom is -0.496 e. The molecule has 1 unspecified atom stereocenters. The second-order valence-electron chi connectivity index (χ2n) is 10.2. The molecular formula is C28H35N5O3S. The number of likely N-dealkylation sites (tertiary alicyclic amines) is 1. The maximum Gasteiger partial charge on any atom is 0.274 e. The van der Waals surface area contributed by atoms with Crippen molar-refractivity contribution in [3.05, 3.63) is 46.6 Å². The summed E-state index contributed by atoms with van der Waals surface area (Å²) in [7, 11) is 3.50. The summed E-state index contributed by atoms with van der Waals surface area (Å²) in [6.45, 7) is 2.94. The number of aryl methyl sites for hydroxylation is 2. The number of carbonyl (C=O) groups excluding carboxylic acids is 2. The number of methoxy groups -OCH3 is 1. The Morgan fingerprint density at radius 2 is 1.92 bits per heavy atom. The van der Waals surface area contributed by atoms with Crippen molar-refractivity contribution in [2.45, 2.75) is 57.8 Å². The van der Waals surface area contributed by atoms with Crippen molar-refractivity contribution in [2.24, 2.45) is 13.0 Å². The number of piperidine rings is 1. The third-order valence-corrected chi connectivity index (χ3v) is 8.48. The van der Waals surface area contributed by atoms with Crippen LogP contribution in [0.3, 0.4) is 0 Å². The van der Waals surface area contributed by atoms with Crippen LogP contribution >= 0.6 is 11.3 Å². The molecule has 37 heavy (non-hydrogen) atoms. The van der Waals surface area contributed by atoms with Gasteiger partial charge in [-0.15, -0.1) is 11.3 Å². The first-order valence-electron chi connectivity index (χ1n) is 13.2. The first-order chi connectivity index (χ1) is 17.9. The molecule has 2 amide bonds. The molecule has 1 aliphatic heterocycles. The van der Waals surface area contributed by atoms with E-state index >= 15 is 0 Å². The summed E-state index contributed by atoms with van der Waals surface area (Å²) >= 11 is 1.41. The molecule has 1 atom stereocenters. The van der Waals surface area contributed by atoms with Crippen molar-refractivity contribution in [3.8, 4) is 17.0 Å². The number of benzene rings is 1. The Morgan fingerprint density at radius 1 is 1.11 bits per heavy atom. The van der Waals surface area contributed by atoms with E-state index in [9.17, 15) is 9.59 Å². The van der Waals surface area contributed by atoms with Gasteiger partial charge in [0.15, 0.2) is 10.8 Å². The van der Waals surface area contributed by atoms with E-state index in [2.05, 4.69) is 22.5 Å². The molecule has 1 aromatic carbocycles. The predicted molar refractivity (Wildman–Crippen MR) is 145 cm³/mol. The summed E-state index contributed by atoms with van der Waals surface area (Å²) < 4.78 is 7.34. The number of aromatic nitrogens is 3. The lowest BCUT2D eigenvalue weighted by Gasteiger charge is -2.31. The van der Waals surface area contributed by atoms with Gasteiger partial charge < -0.3 is 15.0 Å². The minimum atomic E-state index is -0.279. The van der Waals surface area contributed by atoms with Crippen LogP contribution in [-0.2, 0) is 11.8 Å². The van der Waals surface area contributed by atoms with Crippen LogP contribution in [0.15, 0.2) is 29.6 Å². The molecule has 1 N–H and O–H groups in total. The highest BCUT2D eigenvalue weighted by Crippen LogP contribution is 2.38. The SMILES string of the molecule is COc1ccc(C2CCCCC2)cc1-c1csc(NC(=O)C2CCCN(C(=O)c3cc(C)n(C)n3)C2)n1. The van der Waals surface area contributed by atoms with Gasteiger partial charge in [-0.3, -0.25) is 14.3 Å². The van der Waals surface area contributed by atoms with E-state index in [1.165, 1.54) is 49.0 Å². The molecule has 3 aromatic rings. The topological polar surface area (TPSA) is 89.4 Å². The van der Waals surface area contributed by atoms with Crippen molar-refractivity contribution in [1.29, 1.82) is 0 Å². The van der Waals surface area contributed by atoms with Crippen LogP contribution in [0.2, 0.25) is 0 Å². The summed E-state index contributed by atoms with van der Waals surface area (Å²) in [4.78, 5) is 32.6. The maximum atomic E-state index is 13.1. The van der Waals surface area contributed by atoms with Crippen LogP contribution in [0, 0.1) is 12.8 Å². The molecule has 8 nitrogen and oxygen atoms in total. The molecule has 0 radical (unpaired) electrons. The van der Waals surface area contributed by atoms with E-state index < -0.39 is 0 Å². The first kappa shape index (κ1) is 25.4. The fourth-order valence-electron chi connectivity index (χ4n) is 5.48. The van der Waals surface area contributed by atoms with Crippen LogP contribution in [-0.4, -0.2) is 51.7 Å². The zero-order valence-corrected chi connectivity index (χ0v) is 22.6. The van der Waals surface area contributed by atoms with Gasteiger partial charge >= 0.3 is 0 Å². The Hall–Kier alpha value is -3.20. The van der Waals surface area contributed by atoms with Crippen molar-refractivity contribution >= 4 is 28.3 Å². The average molecular weight is 522 g/mol. The molecule has 3 heterocycles. The second kappa shape index (κ2) is 11.0. The molecule has 1 saturated heterocycles. The maximum absolute atomic E-state index is 13.1. The van der Waals surface area contributed by atoms with Crippen LogP contribution in [0.1, 0.15) is 72.6 Å². The van der Waals surface area contributed by atoms with E-state index in [1.54, 1.807) is 22.8 Å². The molecule has 1 saturated carbocycles. The third kappa shape index (κ3) is 5.56. The van der Waals surface area contributed by atoms with Gasteiger partial charge in [-0.1, -0.05) is 25.3 Å². The number of carbonyl (C=O) groups is 2. The largest absolute Gasteiger partial charge is 0.496 e. The molecule has 2 fully saturated rings.